The number of aryl methyl sites for hydroxylation is 2. The van der Waals surface area contributed by atoms with Crippen LogP contribution >= 0.6 is 0 Å². The van der Waals surface area contributed by atoms with Crippen molar-refractivity contribution in [2.75, 3.05) is 5.75 Å². The first kappa shape index (κ1) is 22.1. The second kappa shape index (κ2) is 8.43. The van der Waals surface area contributed by atoms with Crippen LogP contribution in [-0.2, 0) is 16.7 Å². The van der Waals surface area contributed by atoms with Crippen LogP contribution < -0.4 is 5.19 Å². The maximum atomic E-state index is 11.4. The number of rotatable bonds is 7. The molecule has 0 aliphatic heterocycles. The Morgan fingerprint density at radius 3 is 2.32 bits per heavy atom. The highest BCUT2D eigenvalue weighted by Crippen LogP contribution is 2.30. The van der Waals surface area contributed by atoms with Crippen molar-refractivity contribution in [2.45, 2.75) is 46.5 Å². The highest BCUT2D eigenvalue weighted by Gasteiger charge is 2.20. The standard InChI is InChI=1S/C20H27N3O3SSi/c1-6-23-20(13-15(2)22-23)18(11-12-27(24,25)26)19(14-21)16-7-9-17(10-8-16)28(3,4)5/h7-10,13H,6,11-12H2,1-5H3,(H,24,25,26)/b19-18+. The first-order chi connectivity index (χ1) is 13.0. The quantitative estimate of drug-likeness (QED) is 0.423. The molecular weight excluding hydrogens is 390 g/mol. The van der Waals surface area contributed by atoms with Crippen molar-refractivity contribution < 1.29 is 13.0 Å². The summed E-state index contributed by atoms with van der Waals surface area (Å²) in [7, 11) is -5.63. The van der Waals surface area contributed by atoms with E-state index < -0.39 is 23.9 Å². The molecule has 0 unspecified atom stereocenters. The van der Waals surface area contributed by atoms with Crippen molar-refractivity contribution in [2.24, 2.45) is 0 Å². The Hall–Kier alpha value is -2.21. The van der Waals surface area contributed by atoms with Crippen molar-refractivity contribution >= 4 is 34.5 Å². The van der Waals surface area contributed by atoms with Crippen molar-refractivity contribution in [1.29, 1.82) is 5.26 Å². The van der Waals surface area contributed by atoms with Crippen LogP contribution in [0.5, 0.6) is 0 Å². The lowest BCUT2D eigenvalue weighted by Gasteiger charge is -2.17. The molecule has 1 heterocycles. The number of allylic oxidation sites excluding steroid dienone is 2. The van der Waals surface area contributed by atoms with Gasteiger partial charge in [0.15, 0.2) is 0 Å². The zero-order valence-electron chi connectivity index (χ0n) is 17.0. The zero-order chi connectivity index (χ0) is 21.1. The van der Waals surface area contributed by atoms with Crippen molar-refractivity contribution in [3.05, 3.63) is 47.3 Å². The zero-order valence-corrected chi connectivity index (χ0v) is 18.8. The molecule has 0 spiro atoms. The van der Waals surface area contributed by atoms with E-state index in [1.165, 1.54) is 5.19 Å². The largest absolute Gasteiger partial charge is 0.286 e. The Bertz CT molecular complexity index is 1020. The molecule has 2 rings (SSSR count). The third kappa shape index (κ3) is 5.41. The first-order valence-electron chi connectivity index (χ1n) is 9.20. The molecule has 1 N–H and O–H groups in total. The van der Waals surface area contributed by atoms with Gasteiger partial charge in [0.2, 0.25) is 0 Å². The fourth-order valence-electron chi connectivity index (χ4n) is 3.08. The van der Waals surface area contributed by atoms with Gasteiger partial charge in [-0.1, -0.05) is 49.1 Å². The number of aromatic nitrogens is 2. The second-order valence-electron chi connectivity index (χ2n) is 7.82. The predicted molar refractivity (Wildman–Crippen MR) is 116 cm³/mol. The fourth-order valence-corrected chi connectivity index (χ4v) is 4.71. The number of nitrogens with zero attached hydrogens (tertiary/aromatic N) is 3. The summed E-state index contributed by atoms with van der Waals surface area (Å²) in [6, 6.07) is 12.0. The Kier molecular flexibility index (Phi) is 6.65. The highest BCUT2D eigenvalue weighted by atomic mass is 32.2. The van der Waals surface area contributed by atoms with Crippen LogP contribution in [0.3, 0.4) is 0 Å². The number of nitriles is 1. The molecule has 8 heteroatoms. The normalized spacial score (nSPS) is 13.2. The average Bonchev–Trinajstić information content (AvgIpc) is 2.97. The van der Waals surface area contributed by atoms with E-state index in [9.17, 15) is 18.2 Å². The summed E-state index contributed by atoms with van der Waals surface area (Å²) in [5.41, 5.74) is 3.20. The molecule has 0 amide bonds. The van der Waals surface area contributed by atoms with Crippen molar-refractivity contribution in [1.82, 2.24) is 9.78 Å². The lowest BCUT2D eigenvalue weighted by molar-refractivity contribution is 0.483. The second-order valence-corrected chi connectivity index (χ2v) is 14.5. The molecule has 0 saturated carbocycles. The van der Waals surface area contributed by atoms with E-state index in [0.717, 1.165) is 11.3 Å². The summed E-state index contributed by atoms with van der Waals surface area (Å²) < 4.78 is 33.7. The van der Waals surface area contributed by atoms with Gasteiger partial charge in [0, 0.05) is 6.54 Å². The van der Waals surface area contributed by atoms with Crippen LogP contribution in [0.1, 0.15) is 30.3 Å². The Morgan fingerprint density at radius 2 is 1.86 bits per heavy atom. The van der Waals surface area contributed by atoms with Gasteiger partial charge in [0.25, 0.3) is 10.1 Å². The van der Waals surface area contributed by atoms with E-state index in [2.05, 4.69) is 30.8 Å². The van der Waals surface area contributed by atoms with Crippen LogP contribution in [0, 0.1) is 18.3 Å². The molecule has 1 aromatic heterocycles. The van der Waals surface area contributed by atoms with Crippen molar-refractivity contribution in [3.8, 4) is 6.07 Å². The monoisotopic (exact) mass is 417 g/mol. The maximum absolute atomic E-state index is 11.4. The Balaban J connectivity index is 2.65. The van der Waals surface area contributed by atoms with E-state index in [-0.39, 0.29) is 6.42 Å². The lowest BCUT2D eigenvalue weighted by atomic mass is 9.96. The van der Waals surface area contributed by atoms with E-state index in [4.69, 9.17) is 0 Å². The Labute approximate surface area is 168 Å². The predicted octanol–water partition coefficient (Wildman–Crippen LogP) is 3.47. The fraction of sp³-hybridized carbons (Fsp3) is 0.400. The van der Waals surface area contributed by atoms with Gasteiger partial charge in [-0.25, -0.2) is 0 Å². The minimum absolute atomic E-state index is 0.0304. The first-order valence-corrected chi connectivity index (χ1v) is 14.3. The maximum Gasteiger partial charge on any atom is 0.265 e. The summed E-state index contributed by atoms with van der Waals surface area (Å²) >= 11 is 0. The number of hydrogen-bond donors (Lipinski definition) is 1. The summed E-state index contributed by atoms with van der Waals surface area (Å²) in [5.74, 6) is -0.450. The topological polar surface area (TPSA) is 96.0 Å². The molecule has 0 radical (unpaired) electrons. The molecule has 0 atom stereocenters. The van der Waals surface area contributed by atoms with Gasteiger partial charge in [-0.3, -0.25) is 9.23 Å². The van der Waals surface area contributed by atoms with Crippen LogP contribution in [0.25, 0.3) is 11.1 Å². The summed E-state index contributed by atoms with van der Waals surface area (Å²) in [5, 5.41) is 15.6. The lowest BCUT2D eigenvalue weighted by Crippen LogP contribution is -2.37. The van der Waals surface area contributed by atoms with Gasteiger partial charge in [0.05, 0.1) is 30.8 Å². The SMILES string of the molecule is CCn1nc(C)cc1/C(CCS(=O)(=O)O)=C(\C#N)c1ccc([Si](C)(C)C)cc1. The molecule has 0 fully saturated rings. The Morgan fingerprint density at radius 1 is 1.25 bits per heavy atom. The molecule has 1 aromatic carbocycles. The van der Waals surface area contributed by atoms with Gasteiger partial charge in [0.1, 0.15) is 6.07 Å². The summed E-state index contributed by atoms with van der Waals surface area (Å²) in [4.78, 5) is 0. The van der Waals surface area contributed by atoms with Crippen LogP contribution in [-0.4, -0.2) is 36.6 Å². The van der Waals surface area contributed by atoms with Crippen LogP contribution in [0.2, 0.25) is 19.6 Å². The van der Waals surface area contributed by atoms with Crippen LogP contribution in [0.4, 0.5) is 0 Å². The molecule has 0 saturated heterocycles. The molecule has 0 bridgehead atoms. The molecule has 6 nitrogen and oxygen atoms in total. The van der Waals surface area contributed by atoms with E-state index in [1.54, 1.807) is 4.68 Å². The number of hydrogen-bond acceptors (Lipinski definition) is 4. The summed E-state index contributed by atoms with van der Waals surface area (Å²) in [6.07, 6.45) is 0.0304. The molecule has 150 valence electrons. The van der Waals surface area contributed by atoms with Gasteiger partial charge in [-0.05, 0) is 37.5 Å². The minimum Gasteiger partial charge on any atom is -0.286 e. The van der Waals surface area contributed by atoms with Gasteiger partial charge >= 0.3 is 0 Å². The van der Waals surface area contributed by atoms with Gasteiger partial charge in [-0.15, -0.1) is 0 Å². The van der Waals surface area contributed by atoms with Crippen molar-refractivity contribution in [3.63, 3.8) is 0 Å². The summed E-state index contributed by atoms with van der Waals surface area (Å²) in [6.45, 7) is 11.1. The molecular formula is C20H27N3O3SSi. The number of benzene rings is 1. The third-order valence-corrected chi connectivity index (χ3v) is 7.36. The molecule has 2 aromatic rings. The van der Waals surface area contributed by atoms with Crippen LogP contribution in [0.15, 0.2) is 30.3 Å². The van der Waals surface area contributed by atoms with Gasteiger partial charge in [-0.2, -0.15) is 18.8 Å². The highest BCUT2D eigenvalue weighted by molar-refractivity contribution is 7.85. The smallest absolute Gasteiger partial charge is 0.265 e. The molecule has 0 aliphatic rings. The van der Waals surface area contributed by atoms with E-state index in [1.807, 2.05) is 44.2 Å². The minimum atomic E-state index is -4.16. The van der Waals surface area contributed by atoms with E-state index in [0.29, 0.717) is 23.4 Å². The molecule has 28 heavy (non-hydrogen) atoms. The van der Waals surface area contributed by atoms with Gasteiger partial charge < -0.3 is 0 Å². The third-order valence-electron chi connectivity index (χ3n) is 4.57. The van der Waals surface area contributed by atoms with E-state index >= 15 is 0 Å². The molecule has 0 aliphatic carbocycles. The average molecular weight is 418 g/mol.